The van der Waals surface area contributed by atoms with Crippen molar-refractivity contribution in [3.63, 3.8) is 0 Å². The van der Waals surface area contributed by atoms with Crippen LogP contribution < -0.4 is 0 Å². The summed E-state index contributed by atoms with van der Waals surface area (Å²) >= 11 is 0. The van der Waals surface area contributed by atoms with E-state index < -0.39 is 11.8 Å². The highest BCUT2D eigenvalue weighted by molar-refractivity contribution is 6.03. The van der Waals surface area contributed by atoms with Gasteiger partial charge in [-0.2, -0.15) is 0 Å². The molecule has 0 radical (unpaired) electrons. The van der Waals surface area contributed by atoms with Crippen LogP contribution in [-0.2, 0) is 6.54 Å². The lowest BCUT2D eigenvalue weighted by Gasteiger charge is -2.03. The molecule has 0 spiro atoms. The summed E-state index contributed by atoms with van der Waals surface area (Å²) in [7, 11) is 0. The molecule has 17 heavy (non-hydrogen) atoms. The molecular formula is C13H14FNO2. The highest BCUT2D eigenvalue weighted by Gasteiger charge is 2.14. The summed E-state index contributed by atoms with van der Waals surface area (Å²) in [5.41, 5.74) is 0.938. The summed E-state index contributed by atoms with van der Waals surface area (Å²) in [4.78, 5) is 11.1. The smallest absolute Gasteiger partial charge is 0.337 e. The van der Waals surface area contributed by atoms with Gasteiger partial charge < -0.3 is 9.67 Å². The summed E-state index contributed by atoms with van der Waals surface area (Å²) in [6.45, 7) is 2.83. The van der Waals surface area contributed by atoms with Crippen LogP contribution in [-0.4, -0.2) is 15.6 Å². The minimum Gasteiger partial charge on any atom is -0.478 e. The molecule has 0 amide bonds. The fourth-order valence-corrected chi connectivity index (χ4v) is 1.95. The van der Waals surface area contributed by atoms with Gasteiger partial charge in [-0.15, -0.1) is 0 Å². The Bertz CT molecular complexity index is 560. The predicted octanol–water partition coefficient (Wildman–Crippen LogP) is 3.28. The van der Waals surface area contributed by atoms with Crippen molar-refractivity contribution in [3.8, 4) is 0 Å². The Labute approximate surface area is 98.5 Å². The van der Waals surface area contributed by atoms with E-state index in [9.17, 15) is 9.18 Å². The highest BCUT2D eigenvalue weighted by atomic mass is 19.1. The second-order valence-corrected chi connectivity index (χ2v) is 4.06. The van der Waals surface area contributed by atoms with Crippen LogP contribution in [0.4, 0.5) is 4.39 Å². The van der Waals surface area contributed by atoms with Crippen LogP contribution >= 0.6 is 0 Å². The molecule has 0 aliphatic carbocycles. The summed E-state index contributed by atoms with van der Waals surface area (Å²) in [5.74, 6) is -1.43. The molecule has 0 aliphatic rings. The van der Waals surface area contributed by atoms with Crippen LogP contribution in [0.25, 0.3) is 10.9 Å². The van der Waals surface area contributed by atoms with Crippen molar-refractivity contribution in [3.05, 3.63) is 35.8 Å². The monoisotopic (exact) mass is 235 g/mol. The van der Waals surface area contributed by atoms with Crippen molar-refractivity contribution in [2.45, 2.75) is 26.3 Å². The quantitative estimate of drug-likeness (QED) is 0.883. The van der Waals surface area contributed by atoms with Gasteiger partial charge in [0.1, 0.15) is 5.82 Å². The number of rotatable bonds is 4. The van der Waals surface area contributed by atoms with Gasteiger partial charge in [0.15, 0.2) is 0 Å². The van der Waals surface area contributed by atoms with E-state index in [1.807, 2.05) is 4.57 Å². The van der Waals surface area contributed by atoms with Crippen molar-refractivity contribution >= 4 is 16.9 Å². The van der Waals surface area contributed by atoms with E-state index in [2.05, 4.69) is 6.92 Å². The second-order valence-electron chi connectivity index (χ2n) is 4.06. The van der Waals surface area contributed by atoms with Gasteiger partial charge in [0, 0.05) is 23.6 Å². The number of aromatic carboxylic acids is 1. The predicted molar refractivity (Wildman–Crippen MR) is 63.8 cm³/mol. The van der Waals surface area contributed by atoms with Crippen molar-refractivity contribution in [2.24, 2.45) is 0 Å². The molecule has 1 N–H and O–H groups in total. The molecule has 0 saturated heterocycles. The van der Waals surface area contributed by atoms with Gasteiger partial charge >= 0.3 is 5.97 Å². The summed E-state index contributed by atoms with van der Waals surface area (Å²) in [6.07, 6.45) is 3.59. The number of benzene rings is 1. The van der Waals surface area contributed by atoms with Crippen molar-refractivity contribution in [2.75, 3.05) is 0 Å². The lowest BCUT2D eigenvalue weighted by molar-refractivity contribution is 0.0699. The van der Waals surface area contributed by atoms with Crippen molar-refractivity contribution in [1.29, 1.82) is 0 Å². The summed E-state index contributed by atoms with van der Waals surface area (Å²) < 4.78 is 15.0. The van der Waals surface area contributed by atoms with Crippen LogP contribution in [0.15, 0.2) is 24.4 Å². The number of nitrogens with zero attached hydrogens (tertiary/aromatic N) is 1. The third-order valence-electron chi connectivity index (χ3n) is 2.83. The molecule has 1 heterocycles. The minimum absolute atomic E-state index is 0.163. The van der Waals surface area contributed by atoms with E-state index in [-0.39, 0.29) is 5.56 Å². The van der Waals surface area contributed by atoms with Crippen molar-refractivity contribution in [1.82, 2.24) is 4.57 Å². The number of fused-ring (bicyclic) bond motifs is 1. The molecule has 0 unspecified atom stereocenters. The van der Waals surface area contributed by atoms with Gasteiger partial charge in [0.2, 0.25) is 0 Å². The number of hydrogen-bond acceptors (Lipinski definition) is 1. The molecule has 2 rings (SSSR count). The first-order valence-electron chi connectivity index (χ1n) is 5.65. The topological polar surface area (TPSA) is 42.2 Å². The zero-order chi connectivity index (χ0) is 12.4. The number of hydrogen-bond donors (Lipinski definition) is 1. The SMILES string of the molecule is CCCCn1cc(C(=O)O)c2cc(F)ccc21. The lowest BCUT2D eigenvalue weighted by Crippen LogP contribution is -1.96. The zero-order valence-electron chi connectivity index (χ0n) is 9.61. The molecule has 0 bridgehead atoms. The lowest BCUT2D eigenvalue weighted by atomic mass is 10.2. The number of aromatic nitrogens is 1. The van der Waals surface area contributed by atoms with Gasteiger partial charge in [0.25, 0.3) is 0 Å². The number of carboxylic acid groups (broad SMARTS) is 1. The zero-order valence-corrected chi connectivity index (χ0v) is 9.61. The van der Waals surface area contributed by atoms with E-state index in [0.29, 0.717) is 5.39 Å². The Kier molecular flexibility index (Phi) is 3.13. The second kappa shape index (κ2) is 4.57. The molecule has 0 saturated carbocycles. The van der Waals surface area contributed by atoms with E-state index in [1.165, 1.54) is 12.1 Å². The Morgan fingerprint density at radius 1 is 1.47 bits per heavy atom. The Morgan fingerprint density at radius 2 is 2.24 bits per heavy atom. The largest absolute Gasteiger partial charge is 0.478 e. The molecule has 90 valence electrons. The maximum Gasteiger partial charge on any atom is 0.337 e. The van der Waals surface area contributed by atoms with Crippen LogP contribution in [0.3, 0.4) is 0 Å². The molecule has 0 atom stereocenters. The molecule has 0 fully saturated rings. The van der Waals surface area contributed by atoms with Gasteiger partial charge in [-0.05, 0) is 24.6 Å². The first-order valence-corrected chi connectivity index (χ1v) is 5.65. The molecule has 2 aromatic rings. The van der Waals surface area contributed by atoms with Crippen LogP contribution in [0, 0.1) is 5.82 Å². The van der Waals surface area contributed by atoms with Gasteiger partial charge in [-0.25, -0.2) is 9.18 Å². The molecule has 0 aliphatic heterocycles. The average molecular weight is 235 g/mol. The highest BCUT2D eigenvalue weighted by Crippen LogP contribution is 2.23. The first kappa shape index (κ1) is 11.6. The number of carboxylic acids is 1. The third kappa shape index (κ3) is 2.16. The summed E-state index contributed by atoms with van der Waals surface area (Å²) in [6, 6.07) is 4.27. The number of aryl methyl sites for hydroxylation is 1. The number of unbranched alkanes of at least 4 members (excludes halogenated alkanes) is 1. The van der Waals surface area contributed by atoms with Gasteiger partial charge in [-0.1, -0.05) is 13.3 Å². The van der Waals surface area contributed by atoms with E-state index in [0.717, 1.165) is 24.9 Å². The minimum atomic E-state index is -1.02. The Morgan fingerprint density at radius 3 is 2.88 bits per heavy atom. The third-order valence-corrected chi connectivity index (χ3v) is 2.83. The number of carbonyl (C=O) groups is 1. The molecule has 1 aromatic heterocycles. The standard InChI is InChI=1S/C13H14FNO2/c1-2-3-6-15-8-11(13(16)17)10-7-9(14)4-5-12(10)15/h4-5,7-8H,2-3,6H2,1H3,(H,16,17). The molecular weight excluding hydrogens is 221 g/mol. The van der Waals surface area contributed by atoms with E-state index in [1.54, 1.807) is 12.3 Å². The van der Waals surface area contributed by atoms with E-state index >= 15 is 0 Å². The van der Waals surface area contributed by atoms with E-state index in [4.69, 9.17) is 5.11 Å². The molecule has 1 aromatic carbocycles. The first-order chi connectivity index (χ1) is 8.13. The fraction of sp³-hybridized carbons (Fsp3) is 0.308. The average Bonchev–Trinajstić information content (AvgIpc) is 2.64. The van der Waals surface area contributed by atoms with Crippen molar-refractivity contribution < 1.29 is 14.3 Å². The Balaban J connectivity index is 2.58. The van der Waals surface area contributed by atoms with Crippen LogP contribution in [0.5, 0.6) is 0 Å². The van der Waals surface area contributed by atoms with Gasteiger partial charge in [0.05, 0.1) is 5.56 Å². The molecule has 3 nitrogen and oxygen atoms in total. The molecule has 4 heteroatoms. The maximum atomic E-state index is 13.1. The van der Waals surface area contributed by atoms with Gasteiger partial charge in [-0.3, -0.25) is 0 Å². The maximum absolute atomic E-state index is 13.1. The summed E-state index contributed by atoms with van der Waals surface area (Å²) in [5, 5.41) is 9.54. The van der Waals surface area contributed by atoms with Crippen LogP contribution in [0.2, 0.25) is 0 Å². The Hall–Kier alpha value is -1.84. The fourth-order valence-electron chi connectivity index (χ4n) is 1.95. The van der Waals surface area contributed by atoms with Crippen LogP contribution in [0.1, 0.15) is 30.1 Å². The number of halogens is 1. The normalized spacial score (nSPS) is 10.9.